The van der Waals surface area contributed by atoms with E-state index < -0.39 is 0 Å². The van der Waals surface area contributed by atoms with Crippen LogP contribution in [0.2, 0.25) is 0 Å². The number of nitrogens with zero attached hydrogens (tertiary/aromatic N) is 1. The molecule has 0 radical (unpaired) electrons. The molecule has 0 spiro atoms. The van der Waals surface area contributed by atoms with Gasteiger partial charge in [0.1, 0.15) is 0 Å². The van der Waals surface area contributed by atoms with Crippen LogP contribution in [-0.4, -0.2) is 30.4 Å². The molecule has 90 valence electrons. The first-order valence-electron chi connectivity index (χ1n) is 6.34. The molecule has 0 bridgehead atoms. The Morgan fingerprint density at radius 3 is 2.88 bits per heavy atom. The minimum absolute atomic E-state index is 0.107. The van der Waals surface area contributed by atoms with Crippen LogP contribution in [-0.2, 0) is 11.2 Å². The summed E-state index contributed by atoms with van der Waals surface area (Å²) < 4.78 is 0. The second-order valence-electron chi connectivity index (χ2n) is 5.12. The van der Waals surface area contributed by atoms with Crippen molar-refractivity contribution in [2.45, 2.75) is 25.3 Å². The molecule has 0 aromatic heterocycles. The summed E-state index contributed by atoms with van der Waals surface area (Å²) in [6.45, 7) is 0.771. The minimum Gasteiger partial charge on any atom is -0.384 e. The Morgan fingerprint density at radius 1 is 1.35 bits per heavy atom. The molecule has 1 fully saturated rings. The van der Waals surface area contributed by atoms with Gasteiger partial charge in [-0.05, 0) is 30.9 Å². The quantitative estimate of drug-likeness (QED) is 0.841. The predicted octanol–water partition coefficient (Wildman–Crippen LogP) is 1.89. The van der Waals surface area contributed by atoms with E-state index in [4.69, 9.17) is 0 Å². The number of nitrogens with one attached hydrogen (secondary N) is 1. The Bertz CT molecular complexity index is 440. The molecule has 2 aliphatic rings. The molecule has 1 aliphatic heterocycles. The number of anilines is 1. The summed E-state index contributed by atoms with van der Waals surface area (Å²) in [5, 5.41) is 3.36. The lowest BCUT2D eigenvalue weighted by Gasteiger charge is -2.29. The van der Waals surface area contributed by atoms with Crippen LogP contribution >= 0.6 is 0 Å². The van der Waals surface area contributed by atoms with Crippen molar-refractivity contribution in [3.63, 3.8) is 0 Å². The summed E-state index contributed by atoms with van der Waals surface area (Å²) in [5.74, 6) is 0.407. The molecule has 3 rings (SSSR count). The highest BCUT2D eigenvalue weighted by molar-refractivity contribution is 5.81. The average Bonchev–Trinajstić information content (AvgIpc) is 3.21. The van der Waals surface area contributed by atoms with Crippen LogP contribution in [0.3, 0.4) is 0 Å². The maximum Gasteiger partial charge on any atom is 0.227 e. The van der Waals surface area contributed by atoms with Gasteiger partial charge in [0.05, 0.1) is 5.92 Å². The van der Waals surface area contributed by atoms with Gasteiger partial charge in [0.2, 0.25) is 5.91 Å². The van der Waals surface area contributed by atoms with Crippen LogP contribution in [0.4, 0.5) is 5.69 Å². The van der Waals surface area contributed by atoms with E-state index >= 15 is 0 Å². The molecule has 1 heterocycles. The summed E-state index contributed by atoms with van der Waals surface area (Å²) in [7, 11) is 1.94. The van der Waals surface area contributed by atoms with Crippen LogP contribution in [0.5, 0.6) is 0 Å². The first-order chi connectivity index (χ1) is 8.25. The summed E-state index contributed by atoms with van der Waals surface area (Å²) >= 11 is 0. The standard InChI is InChI=1S/C14H18N2O/c1-16(12-6-7-12)14(17)11-8-10-4-2-3-5-13(10)15-9-11/h2-5,11-12,15H,6-9H2,1H3. The summed E-state index contributed by atoms with van der Waals surface area (Å²) in [6.07, 6.45) is 3.23. The maximum absolute atomic E-state index is 12.3. The normalized spacial score (nSPS) is 22.5. The Balaban J connectivity index is 1.73. The predicted molar refractivity (Wildman–Crippen MR) is 67.9 cm³/mol. The van der Waals surface area contributed by atoms with E-state index in [1.807, 2.05) is 24.1 Å². The van der Waals surface area contributed by atoms with Crippen molar-refractivity contribution in [3.8, 4) is 0 Å². The third-order valence-corrected chi connectivity index (χ3v) is 3.81. The van der Waals surface area contributed by atoms with Gasteiger partial charge in [0, 0.05) is 25.3 Å². The molecule has 1 N–H and O–H groups in total. The summed E-state index contributed by atoms with van der Waals surface area (Å²) in [5.41, 5.74) is 2.45. The zero-order valence-corrected chi connectivity index (χ0v) is 10.1. The molecule has 1 aliphatic carbocycles. The van der Waals surface area contributed by atoms with E-state index in [-0.39, 0.29) is 5.92 Å². The maximum atomic E-state index is 12.3. The molecule has 3 nitrogen and oxygen atoms in total. The zero-order valence-electron chi connectivity index (χ0n) is 10.1. The molecule has 1 unspecified atom stereocenters. The minimum atomic E-state index is 0.107. The van der Waals surface area contributed by atoms with Crippen molar-refractivity contribution in [1.82, 2.24) is 4.90 Å². The Hall–Kier alpha value is -1.51. The molecule has 1 aromatic rings. The SMILES string of the molecule is CN(C(=O)C1CNc2ccccc2C1)C1CC1. The molecule has 3 heteroatoms. The third-order valence-electron chi connectivity index (χ3n) is 3.81. The largest absolute Gasteiger partial charge is 0.384 e. The topological polar surface area (TPSA) is 32.3 Å². The molecule has 17 heavy (non-hydrogen) atoms. The fourth-order valence-corrected chi connectivity index (χ4v) is 2.55. The zero-order chi connectivity index (χ0) is 11.8. The fourth-order valence-electron chi connectivity index (χ4n) is 2.55. The Kier molecular flexibility index (Phi) is 2.54. The highest BCUT2D eigenvalue weighted by atomic mass is 16.2. The van der Waals surface area contributed by atoms with Gasteiger partial charge in [-0.1, -0.05) is 18.2 Å². The van der Waals surface area contributed by atoms with Crippen LogP contribution < -0.4 is 5.32 Å². The lowest BCUT2D eigenvalue weighted by molar-refractivity contribution is -0.134. The van der Waals surface area contributed by atoms with Crippen LogP contribution in [0, 0.1) is 5.92 Å². The number of rotatable bonds is 2. The third kappa shape index (κ3) is 2.02. The molecular weight excluding hydrogens is 212 g/mol. The number of hydrogen-bond acceptors (Lipinski definition) is 2. The van der Waals surface area contributed by atoms with E-state index in [0.29, 0.717) is 11.9 Å². The van der Waals surface area contributed by atoms with Crippen LogP contribution in [0.25, 0.3) is 0 Å². The van der Waals surface area contributed by atoms with Crippen LogP contribution in [0.1, 0.15) is 18.4 Å². The number of carbonyl (C=O) groups excluding carboxylic acids is 1. The highest BCUT2D eigenvalue weighted by Crippen LogP contribution is 2.29. The van der Waals surface area contributed by atoms with E-state index in [1.165, 1.54) is 24.1 Å². The molecule has 0 saturated heterocycles. The molecule has 1 amide bonds. The average molecular weight is 230 g/mol. The van der Waals surface area contributed by atoms with Gasteiger partial charge >= 0.3 is 0 Å². The van der Waals surface area contributed by atoms with Gasteiger partial charge in [0.15, 0.2) is 0 Å². The van der Waals surface area contributed by atoms with E-state index in [2.05, 4.69) is 17.4 Å². The Labute approximate surface area is 102 Å². The molecule has 1 aromatic carbocycles. The monoisotopic (exact) mass is 230 g/mol. The Morgan fingerprint density at radius 2 is 2.12 bits per heavy atom. The van der Waals surface area contributed by atoms with Crippen molar-refractivity contribution < 1.29 is 4.79 Å². The lowest BCUT2D eigenvalue weighted by atomic mass is 9.93. The van der Waals surface area contributed by atoms with Crippen molar-refractivity contribution in [2.24, 2.45) is 5.92 Å². The highest BCUT2D eigenvalue weighted by Gasteiger charge is 2.34. The lowest BCUT2D eigenvalue weighted by Crippen LogP contribution is -2.40. The first-order valence-corrected chi connectivity index (χ1v) is 6.34. The number of carbonyl (C=O) groups is 1. The van der Waals surface area contributed by atoms with E-state index in [1.54, 1.807) is 0 Å². The van der Waals surface area contributed by atoms with Gasteiger partial charge in [-0.25, -0.2) is 0 Å². The molecule has 1 atom stereocenters. The van der Waals surface area contributed by atoms with Crippen molar-refractivity contribution in [2.75, 3.05) is 18.9 Å². The number of para-hydroxylation sites is 1. The second-order valence-corrected chi connectivity index (χ2v) is 5.12. The van der Waals surface area contributed by atoms with Crippen molar-refractivity contribution >= 4 is 11.6 Å². The van der Waals surface area contributed by atoms with Gasteiger partial charge in [-0.15, -0.1) is 0 Å². The van der Waals surface area contributed by atoms with E-state index in [0.717, 1.165) is 13.0 Å². The van der Waals surface area contributed by atoms with E-state index in [9.17, 15) is 4.79 Å². The number of benzene rings is 1. The number of fused-ring (bicyclic) bond motifs is 1. The summed E-state index contributed by atoms with van der Waals surface area (Å²) in [6, 6.07) is 8.78. The molecular formula is C14H18N2O. The number of hydrogen-bond donors (Lipinski definition) is 1. The smallest absolute Gasteiger partial charge is 0.227 e. The van der Waals surface area contributed by atoms with Gasteiger partial charge in [-0.2, -0.15) is 0 Å². The van der Waals surface area contributed by atoms with Gasteiger partial charge in [0.25, 0.3) is 0 Å². The van der Waals surface area contributed by atoms with Crippen molar-refractivity contribution in [1.29, 1.82) is 0 Å². The van der Waals surface area contributed by atoms with Crippen LogP contribution in [0.15, 0.2) is 24.3 Å². The van der Waals surface area contributed by atoms with Crippen molar-refractivity contribution in [3.05, 3.63) is 29.8 Å². The summed E-state index contributed by atoms with van der Waals surface area (Å²) in [4.78, 5) is 14.2. The first kappa shape index (κ1) is 10.6. The second kappa shape index (κ2) is 4.06. The van der Waals surface area contributed by atoms with Gasteiger partial charge in [-0.3, -0.25) is 4.79 Å². The molecule has 1 saturated carbocycles. The number of amides is 1. The van der Waals surface area contributed by atoms with Gasteiger partial charge < -0.3 is 10.2 Å². The fraction of sp³-hybridized carbons (Fsp3) is 0.500.